The van der Waals surface area contributed by atoms with Crippen molar-refractivity contribution in [1.29, 1.82) is 0 Å². The molecule has 1 aliphatic rings. The maximum absolute atomic E-state index is 5.98. The van der Waals surface area contributed by atoms with Gasteiger partial charge in [0.1, 0.15) is 5.71 Å². The molecule has 0 atom stereocenters. The van der Waals surface area contributed by atoms with Crippen LogP contribution >= 0.6 is 22.9 Å². The van der Waals surface area contributed by atoms with Crippen molar-refractivity contribution in [2.45, 2.75) is 13.8 Å². The number of benzene rings is 2. The van der Waals surface area contributed by atoms with Crippen molar-refractivity contribution in [2.24, 2.45) is 20.4 Å². The van der Waals surface area contributed by atoms with E-state index in [2.05, 4.69) is 41.2 Å². The summed E-state index contributed by atoms with van der Waals surface area (Å²) in [6, 6.07) is 17.0. The fourth-order valence-electron chi connectivity index (χ4n) is 3.11. The fourth-order valence-corrected chi connectivity index (χ4v) is 3.96. The molecule has 1 fully saturated rings. The molecule has 9 nitrogen and oxygen atoms in total. The zero-order chi connectivity index (χ0) is 23.8. The van der Waals surface area contributed by atoms with Crippen molar-refractivity contribution >= 4 is 56.0 Å². The molecule has 1 saturated heterocycles. The van der Waals surface area contributed by atoms with E-state index in [0.29, 0.717) is 29.1 Å². The Balaban J connectivity index is 1.48. The summed E-state index contributed by atoms with van der Waals surface area (Å²) >= 11 is 7.37. The van der Waals surface area contributed by atoms with Crippen molar-refractivity contribution in [2.75, 3.05) is 37.2 Å². The lowest BCUT2D eigenvalue weighted by molar-refractivity contribution is 0.0688. The number of rotatable bonds is 7. The van der Waals surface area contributed by atoms with Gasteiger partial charge in [0, 0.05) is 18.1 Å². The average Bonchev–Trinajstić information content (AvgIpc) is 3.23. The lowest BCUT2D eigenvalue weighted by atomic mass is 10.3. The quantitative estimate of drug-likeness (QED) is 0.179. The van der Waals surface area contributed by atoms with E-state index in [4.69, 9.17) is 16.3 Å². The highest BCUT2D eigenvalue weighted by atomic mass is 35.5. The van der Waals surface area contributed by atoms with Crippen LogP contribution < -0.4 is 10.9 Å². The van der Waals surface area contributed by atoms with Crippen molar-refractivity contribution in [3.63, 3.8) is 0 Å². The Bertz CT molecular complexity index is 1170. The van der Waals surface area contributed by atoms with E-state index in [1.165, 1.54) is 11.3 Å². The summed E-state index contributed by atoms with van der Waals surface area (Å²) in [5, 5.41) is 19.8. The predicted molar refractivity (Wildman–Crippen MR) is 139 cm³/mol. The lowest BCUT2D eigenvalue weighted by Crippen LogP contribution is -2.44. The molecular formula is C23H25ClN8OS. The summed E-state index contributed by atoms with van der Waals surface area (Å²) in [4.78, 5) is 6.65. The topological polar surface area (TPSA) is 98.9 Å². The van der Waals surface area contributed by atoms with E-state index < -0.39 is 0 Å². The van der Waals surface area contributed by atoms with Crippen LogP contribution in [-0.2, 0) is 4.74 Å². The number of nitrogens with one attached hydrogen (secondary N) is 2. The Kier molecular flexibility index (Phi) is 8.18. The zero-order valence-electron chi connectivity index (χ0n) is 18.9. The van der Waals surface area contributed by atoms with Crippen LogP contribution in [0.5, 0.6) is 0 Å². The second-order valence-electron chi connectivity index (χ2n) is 7.41. The van der Waals surface area contributed by atoms with E-state index in [1.807, 2.05) is 68.4 Å². The van der Waals surface area contributed by atoms with Gasteiger partial charge in [0.2, 0.25) is 5.13 Å². The van der Waals surface area contributed by atoms with Gasteiger partial charge in [-0.2, -0.15) is 10.2 Å². The second-order valence-corrected chi connectivity index (χ2v) is 8.82. The number of ether oxygens (including phenoxy) is 1. The number of thiazole rings is 1. The second kappa shape index (κ2) is 11.7. The van der Waals surface area contributed by atoms with Crippen LogP contribution in [0.2, 0.25) is 5.02 Å². The van der Waals surface area contributed by atoms with Crippen molar-refractivity contribution in [1.82, 2.24) is 9.88 Å². The summed E-state index contributed by atoms with van der Waals surface area (Å²) in [6.45, 7) is 6.54. The van der Waals surface area contributed by atoms with E-state index in [-0.39, 0.29) is 0 Å². The van der Waals surface area contributed by atoms with Gasteiger partial charge in [0.25, 0.3) is 0 Å². The predicted octanol–water partition coefficient (Wildman–Crippen LogP) is 6.07. The maximum atomic E-state index is 5.98. The number of aryl methyl sites for hydroxylation is 1. The smallest absolute Gasteiger partial charge is 0.205 e. The Labute approximate surface area is 207 Å². The normalized spacial score (nSPS) is 15.1. The molecule has 2 N–H and O–H groups in total. The molecular weight excluding hydrogens is 472 g/mol. The molecule has 0 spiro atoms. The summed E-state index contributed by atoms with van der Waals surface area (Å²) in [6.07, 6.45) is 0. The number of hydrazone groups is 2. The molecule has 0 unspecified atom stereocenters. The first-order chi connectivity index (χ1) is 16.6. The molecule has 0 saturated carbocycles. The number of hydrogen-bond donors (Lipinski definition) is 2. The molecule has 0 radical (unpaired) electrons. The first-order valence-electron chi connectivity index (χ1n) is 10.8. The molecule has 0 bridgehead atoms. The SMILES string of the molecule is CC(=N\Nc1nc(C)c(N=Nc2ccccc2)s1)/C(=N/Nc1ccc(Cl)cc1)N1CCOCC1. The van der Waals surface area contributed by atoms with Crippen LogP contribution in [0.4, 0.5) is 21.5 Å². The molecule has 0 amide bonds. The van der Waals surface area contributed by atoms with E-state index >= 15 is 0 Å². The van der Waals surface area contributed by atoms with Gasteiger partial charge in [-0.3, -0.25) is 10.9 Å². The van der Waals surface area contributed by atoms with Gasteiger partial charge in [-0.15, -0.1) is 10.2 Å². The molecule has 34 heavy (non-hydrogen) atoms. The monoisotopic (exact) mass is 496 g/mol. The zero-order valence-corrected chi connectivity index (χ0v) is 20.5. The summed E-state index contributed by atoms with van der Waals surface area (Å²) in [7, 11) is 0. The molecule has 2 heterocycles. The van der Waals surface area contributed by atoms with Crippen LogP contribution in [0, 0.1) is 6.92 Å². The van der Waals surface area contributed by atoms with E-state index in [1.54, 1.807) is 0 Å². The Morgan fingerprint density at radius 1 is 1.00 bits per heavy atom. The average molecular weight is 497 g/mol. The van der Waals surface area contributed by atoms with Crippen molar-refractivity contribution in [3.8, 4) is 0 Å². The third-order valence-corrected chi connectivity index (χ3v) is 6.07. The number of hydrogen-bond acceptors (Lipinski definition) is 9. The molecule has 2 aromatic carbocycles. The van der Waals surface area contributed by atoms with Crippen molar-refractivity contribution < 1.29 is 4.74 Å². The highest BCUT2D eigenvalue weighted by Crippen LogP contribution is 2.32. The standard InChI is InChI=1S/C23H25ClN8OS/c1-16(21(32-12-14-33-15-13-32)29-27-20-10-8-18(24)9-11-20)26-31-23-25-17(2)22(34-23)30-28-19-6-4-3-5-7-19/h3-11,27H,12-15H2,1-2H3,(H,25,31)/b26-16+,29-21-,30-28?. The molecule has 4 rings (SSSR count). The van der Waals surface area contributed by atoms with Gasteiger partial charge in [0.05, 0.1) is 30.3 Å². The number of nitrogens with zero attached hydrogens (tertiary/aromatic N) is 6. The number of anilines is 2. The first-order valence-corrected chi connectivity index (χ1v) is 11.9. The lowest BCUT2D eigenvalue weighted by Gasteiger charge is -2.29. The number of morpholine rings is 1. The molecule has 11 heteroatoms. The van der Waals surface area contributed by atoms with Crippen LogP contribution in [0.1, 0.15) is 12.6 Å². The Hall–Kier alpha value is -3.34. The minimum absolute atomic E-state index is 0.630. The Morgan fingerprint density at radius 3 is 2.47 bits per heavy atom. The number of aromatic nitrogens is 1. The number of azo groups is 1. The van der Waals surface area contributed by atoms with E-state index in [9.17, 15) is 0 Å². The van der Waals surface area contributed by atoms with Crippen LogP contribution in [-0.4, -0.2) is 47.7 Å². The van der Waals surface area contributed by atoms with Crippen LogP contribution in [0.15, 0.2) is 75.0 Å². The van der Waals surface area contributed by atoms with Gasteiger partial charge >= 0.3 is 0 Å². The summed E-state index contributed by atoms with van der Waals surface area (Å²) < 4.78 is 5.49. The highest BCUT2D eigenvalue weighted by molar-refractivity contribution is 7.19. The van der Waals surface area contributed by atoms with Gasteiger partial charge in [-0.1, -0.05) is 41.1 Å². The minimum atomic E-state index is 0.630. The van der Waals surface area contributed by atoms with Gasteiger partial charge < -0.3 is 9.64 Å². The van der Waals surface area contributed by atoms with Crippen molar-refractivity contribution in [3.05, 3.63) is 65.3 Å². The van der Waals surface area contributed by atoms with Crippen LogP contribution in [0.25, 0.3) is 0 Å². The molecule has 3 aromatic rings. The molecule has 1 aromatic heterocycles. The third kappa shape index (κ3) is 6.60. The minimum Gasteiger partial charge on any atom is -0.378 e. The van der Waals surface area contributed by atoms with E-state index in [0.717, 1.165) is 41.0 Å². The van der Waals surface area contributed by atoms with Gasteiger partial charge in [-0.05, 0) is 50.2 Å². The highest BCUT2D eigenvalue weighted by Gasteiger charge is 2.18. The maximum Gasteiger partial charge on any atom is 0.205 e. The summed E-state index contributed by atoms with van der Waals surface area (Å²) in [5.41, 5.74) is 9.25. The number of halogens is 1. The molecule has 176 valence electrons. The summed E-state index contributed by atoms with van der Waals surface area (Å²) in [5.74, 6) is 0.725. The molecule has 0 aliphatic carbocycles. The largest absolute Gasteiger partial charge is 0.378 e. The van der Waals surface area contributed by atoms with Gasteiger partial charge in [-0.25, -0.2) is 4.98 Å². The first kappa shape index (κ1) is 23.8. The molecule has 1 aliphatic heterocycles. The fraction of sp³-hybridized carbons (Fsp3) is 0.261. The van der Waals surface area contributed by atoms with Crippen LogP contribution in [0.3, 0.4) is 0 Å². The van der Waals surface area contributed by atoms with Gasteiger partial charge in [0.15, 0.2) is 10.8 Å². The Morgan fingerprint density at radius 2 is 1.74 bits per heavy atom. The number of amidine groups is 1. The third-order valence-electron chi connectivity index (χ3n) is 4.87.